The molecule has 12 heteroatoms. The molecule has 4 aliphatic carbocycles. The van der Waals surface area contributed by atoms with Gasteiger partial charge in [0.15, 0.2) is 7.51 Å². The second-order valence-electron chi connectivity index (χ2n) is 13.8. The second kappa shape index (κ2) is 15.5. The summed E-state index contributed by atoms with van der Waals surface area (Å²) in [6.07, 6.45) is 24.2. The van der Waals surface area contributed by atoms with E-state index >= 15 is 4.57 Å². The normalized spacial score (nSPS) is 31.8. The Morgan fingerprint density at radius 2 is 1.14 bits per heavy atom. The van der Waals surface area contributed by atoms with Gasteiger partial charge in [-0.15, -0.1) is 0 Å². The average Bonchev–Trinajstić information content (AvgIpc) is 3.02. The van der Waals surface area contributed by atoms with Crippen LogP contribution in [0.1, 0.15) is 134 Å². The van der Waals surface area contributed by atoms with Crippen LogP contribution in [0, 0.1) is 0 Å². The largest absolute Gasteiger partial charge is 0.292 e. The van der Waals surface area contributed by atoms with Crippen molar-refractivity contribution in [2.45, 2.75) is 159 Å². The van der Waals surface area contributed by atoms with Crippen LogP contribution in [-0.2, 0) is 11.1 Å². The van der Waals surface area contributed by atoms with Crippen LogP contribution >= 0.6 is 22.6 Å². The van der Waals surface area contributed by atoms with Crippen molar-refractivity contribution in [3.05, 3.63) is 35.9 Å². The number of rotatable bonds is 10. The van der Waals surface area contributed by atoms with Crippen molar-refractivity contribution in [3.8, 4) is 0 Å². The van der Waals surface area contributed by atoms with E-state index in [0.717, 1.165) is 56.9 Å². The third-order valence-electron chi connectivity index (χ3n) is 10.0. The molecule has 1 heterocycles. The molecule has 5 aliphatic rings. The maximum atomic E-state index is 15.3. The van der Waals surface area contributed by atoms with Crippen molar-refractivity contribution < 1.29 is 4.57 Å². The Hall–Kier alpha value is -0.330. The van der Waals surface area contributed by atoms with Crippen LogP contribution in [0.25, 0.3) is 0 Å². The summed E-state index contributed by atoms with van der Waals surface area (Å²) >= 11 is 0. The molecular weight excluding hydrogens is 593 g/mol. The predicted molar refractivity (Wildman–Crippen MR) is 183 cm³/mol. The smallest absolute Gasteiger partial charge is 0.270 e. The summed E-state index contributed by atoms with van der Waals surface area (Å²) in [5.41, 5.74) is 1.13. The third kappa shape index (κ3) is 9.37. The van der Waals surface area contributed by atoms with Crippen LogP contribution in [0.5, 0.6) is 0 Å². The minimum Gasteiger partial charge on any atom is -0.270 e. The lowest BCUT2D eigenvalue weighted by Crippen LogP contribution is -2.48. The molecule has 4 saturated carbocycles. The topological polar surface area (TPSA) is 114 Å². The maximum absolute atomic E-state index is 15.3. The minimum atomic E-state index is -3.32. The minimum absolute atomic E-state index is 0.265. The first-order chi connectivity index (χ1) is 21.0. The second-order valence-corrected chi connectivity index (χ2v) is 21.1. The third-order valence-corrected chi connectivity index (χ3v) is 20.1. The van der Waals surface area contributed by atoms with Gasteiger partial charge >= 0.3 is 0 Å². The fraction of sp³-hybridized carbons (Fsp3) is 0.806. The van der Waals surface area contributed by atoms with Crippen molar-refractivity contribution in [1.29, 1.82) is 0 Å². The van der Waals surface area contributed by atoms with Crippen molar-refractivity contribution in [1.82, 2.24) is 30.1 Å². The Balaban J connectivity index is 1.43. The molecule has 0 saturated heterocycles. The van der Waals surface area contributed by atoms with Gasteiger partial charge in [0, 0.05) is 24.7 Å². The fourth-order valence-electron chi connectivity index (χ4n) is 7.72. The Morgan fingerprint density at radius 3 is 1.67 bits per heavy atom. The SMILES string of the molecule is O=[P@@]1(NCc2ccccc2)NP(NC2CCCCC2)(NC2CCCCC2)=N[P@@](=NC2CCCCC2)(NC2CCCCC2)N1. The molecule has 0 radical (unpaired) electrons. The van der Waals surface area contributed by atoms with Gasteiger partial charge in [-0.05, 0) is 56.9 Å². The first-order valence-corrected chi connectivity index (χ1v) is 22.7. The van der Waals surface area contributed by atoms with E-state index in [1.54, 1.807) is 0 Å². The Morgan fingerprint density at radius 1 is 0.651 bits per heavy atom. The lowest BCUT2D eigenvalue weighted by atomic mass is 9.96. The molecule has 9 nitrogen and oxygen atoms in total. The summed E-state index contributed by atoms with van der Waals surface area (Å²) < 4.78 is 26.8. The van der Waals surface area contributed by atoms with E-state index in [2.05, 4.69) is 54.3 Å². The number of nitrogens with one attached hydrogen (secondary N) is 6. The van der Waals surface area contributed by atoms with Crippen LogP contribution in [0.15, 0.2) is 39.6 Å². The van der Waals surface area contributed by atoms with Crippen LogP contribution in [0.2, 0.25) is 0 Å². The summed E-state index contributed by atoms with van der Waals surface area (Å²) in [6, 6.07) is 11.7. The van der Waals surface area contributed by atoms with Crippen molar-refractivity contribution >= 4 is 22.6 Å². The molecule has 6 N–H and O–H groups in total. The molecule has 0 bridgehead atoms. The molecule has 0 amide bonds. The van der Waals surface area contributed by atoms with Gasteiger partial charge in [0.2, 0.25) is 7.51 Å². The quantitative estimate of drug-likeness (QED) is 0.140. The molecule has 1 aromatic carbocycles. The van der Waals surface area contributed by atoms with Crippen molar-refractivity contribution in [2.75, 3.05) is 0 Å². The molecule has 242 valence electrons. The highest BCUT2D eigenvalue weighted by Crippen LogP contribution is 2.68. The van der Waals surface area contributed by atoms with E-state index < -0.39 is 22.6 Å². The lowest BCUT2D eigenvalue weighted by Gasteiger charge is -2.45. The van der Waals surface area contributed by atoms with Gasteiger partial charge < -0.3 is 0 Å². The molecule has 4 fully saturated rings. The molecule has 0 unspecified atom stereocenters. The zero-order chi connectivity index (χ0) is 29.4. The highest BCUT2D eigenvalue weighted by atomic mass is 31.3. The lowest BCUT2D eigenvalue weighted by molar-refractivity contribution is 0.402. The monoisotopic (exact) mass is 650 g/mol. The number of hydrogen-bond donors (Lipinski definition) is 6. The predicted octanol–water partition coefficient (Wildman–Crippen LogP) is 9.07. The van der Waals surface area contributed by atoms with E-state index in [1.165, 1.54) is 77.0 Å². The fourth-order valence-corrected chi connectivity index (χ4v) is 20.0. The summed E-state index contributed by atoms with van der Waals surface area (Å²) in [6.45, 7) is 0.526. The van der Waals surface area contributed by atoms with Crippen molar-refractivity contribution in [2.24, 2.45) is 9.26 Å². The van der Waals surface area contributed by atoms with Gasteiger partial charge in [0.25, 0.3) is 7.59 Å². The molecule has 0 aromatic heterocycles. The van der Waals surface area contributed by atoms with E-state index in [4.69, 9.17) is 9.26 Å². The molecule has 1 aliphatic heterocycles. The van der Waals surface area contributed by atoms with E-state index in [0.29, 0.717) is 24.7 Å². The van der Waals surface area contributed by atoms with Gasteiger partial charge in [0.05, 0.1) is 6.04 Å². The first kappa shape index (κ1) is 32.6. The molecule has 43 heavy (non-hydrogen) atoms. The summed E-state index contributed by atoms with van der Waals surface area (Å²) in [5, 5.41) is 15.8. The Bertz CT molecular complexity index is 1150. The Labute approximate surface area is 261 Å². The first-order valence-electron chi connectivity index (χ1n) is 17.6. The van der Waals surface area contributed by atoms with Gasteiger partial charge in [-0.1, -0.05) is 107 Å². The molecule has 2 atom stereocenters. The average molecular weight is 651 g/mol. The maximum Gasteiger partial charge on any atom is 0.292 e. The van der Waals surface area contributed by atoms with E-state index in [1.807, 2.05) is 6.07 Å². The molecular formula is C31H57N8OP3. The summed E-state index contributed by atoms with van der Waals surface area (Å²) in [4.78, 5) is 7.41. The highest BCUT2D eigenvalue weighted by molar-refractivity contribution is 7.87. The number of hydrogen-bond acceptors (Lipinski definition) is 4. The van der Waals surface area contributed by atoms with Crippen LogP contribution in [-0.4, -0.2) is 24.2 Å². The van der Waals surface area contributed by atoms with Gasteiger partial charge in [-0.25, -0.2) is 5.09 Å². The van der Waals surface area contributed by atoms with Crippen LogP contribution < -0.4 is 30.1 Å². The van der Waals surface area contributed by atoms with Gasteiger partial charge in [0.1, 0.15) is 0 Å². The zero-order valence-corrected chi connectivity index (χ0v) is 28.9. The molecule has 0 spiro atoms. The van der Waals surface area contributed by atoms with Crippen molar-refractivity contribution in [3.63, 3.8) is 0 Å². The molecule has 6 rings (SSSR count). The zero-order valence-electron chi connectivity index (χ0n) is 26.2. The summed E-state index contributed by atoms with van der Waals surface area (Å²) in [7, 11) is -8.71. The van der Waals surface area contributed by atoms with E-state index in [9.17, 15) is 0 Å². The van der Waals surface area contributed by atoms with Gasteiger partial charge in [-0.3, -0.25) is 24.6 Å². The number of benzene rings is 1. The summed E-state index contributed by atoms with van der Waals surface area (Å²) in [5.74, 6) is 0. The van der Waals surface area contributed by atoms with E-state index in [-0.39, 0.29) is 6.04 Å². The molecule has 1 aromatic rings. The van der Waals surface area contributed by atoms with Gasteiger partial charge in [-0.2, -0.15) is 14.2 Å². The standard InChI is InChI=1S/C31H57N8OP3/c40-43(32-26-27-16-6-1-7-17-27)38-41(33-28-18-8-2-9-19-28,34-29-20-10-3-11-21-29)37-42(39-43,35-30-22-12-4-13-23-30)36-31-24-14-5-15-25-31/h1,6-7,16-17,28-31,33-35H,2-5,8-15,18-26H2,(H3,32,38,39,40)/t42-,43-/m0/s1. The van der Waals surface area contributed by atoms with Crippen LogP contribution in [0.4, 0.5) is 0 Å². The Kier molecular flexibility index (Phi) is 11.8. The highest BCUT2D eigenvalue weighted by Gasteiger charge is 2.46. The van der Waals surface area contributed by atoms with Crippen LogP contribution in [0.3, 0.4) is 0 Å². The number of nitrogens with zero attached hydrogens (tertiary/aromatic N) is 2.